The maximum absolute atomic E-state index is 5.86. The van der Waals surface area contributed by atoms with Crippen LogP contribution in [0.1, 0.15) is 36.1 Å². The Morgan fingerprint density at radius 3 is 2.76 bits per heavy atom. The largest absolute Gasteiger partial charge is 0.330 e. The van der Waals surface area contributed by atoms with Crippen LogP contribution in [0.3, 0.4) is 0 Å². The van der Waals surface area contributed by atoms with E-state index in [1.54, 1.807) is 0 Å². The van der Waals surface area contributed by atoms with Crippen molar-refractivity contribution in [2.45, 2.75) is 39.2 Å². The smallest absolute Gasteiger partial charge is 0.0302 e. The monoisotopic (exact) mass is 252 g/mol. The molecule has 17 heavy (non-hydrogen) atoms. The van der Waals surface area contributed by atoms with Gasteiger partial charge in [-0.25, -0.2) is 0 Å². The minimum absolute atomic E-state index is 0.751. The van der Waals surface area contributed by atoms with Gasteiger partial charge in [-0.2, -0.15) is 0 Å². The summed E-state index contributed by atoms with van der Waals surface area (Å²) in [5.74, 6) is 1.55. The van der Waals surface area contributed by atoms with Crippen molar-refractivity contribution in [3.8, 4) is 0 Å². The van der Waals surface area contributed by atoms with Crippen LogP contribution in [0.4, 0.5) is 0 Å². The van der Waals surface area contributed by atoms with Gasteiger partial charge in [-0.1, -0.05) is 12.8 Å². The van der Waals surface area contributed by atoms with Gasteiger partial charge in [0.05, 0.1) is 0 Å². The van der Waals surface area contributed by atoms with Crippen molar-refractivity contribution < 1.29 is 0 Å². The highest BCUT2D eigenvalue weighted by Crippen LogP contribution is 2.28. The van der Waals surface area contributed by atoms with Crippen molar-refractivity contribution in [1.82, 2.24) is 5.32 Å². The number of thiophene rings is 1. The predicted octanol–water partition coefficient (Wildman–Crippen LogP) is 2.91. The van der Waals surface area contributed by atoms with Crippen LogP contribution in [0.25, 0.3) is 0 Å². The van der Waals surface area contributed by atoms with Crippen LogP contribution in [-0.2, 0) is 6.54 Å². The first kappa shape index (κ1) is 13.1. The first-order chi connectivity index (χ1) is 8.31. The first-order valence-electron chi connectivity index (χ1n) is 6.75. The van der Waals surface area contributed by atoms with Crippen molar-refractivity contribution in [3.63, 3.8) is 0 Å². The Labute approximate surface area is 109 Å². The van der Waals surface area contributed by atoms with E-state index in [9.17, 15) is 0 Å². The second-order valence-corrected chi connectivity index (χ2v) is 6.20. The summed E-state index contributed by atoms with van der Waals surface area (Å²) in [6, 6.07) is 2.20. The molecule has 0 spiro atoms. The fourth-order valence-electron chi connectivity index (χ4n) is 2.82. The molecule has 96 valence electrons. The van der Waals surface area contributed by atoms with Crippen LogP contribution in [0, 0.1) is 18.8 Å². The van der Waals surface area contributed by atoms with Gasteiger partial charge in [0.2, 0.25) is 0 Å². The normalized spacial score (nSPS) is 25.1. The molecule has 1 aliphatic rings. The van der Waals surface area contributed by atoms with Crippen LogP contribution in [0.2, 0.25) is 0 Å². The predicted molar refractivity (Wildman–Crippen MR) is 75.3 cm³/mol. The Morgan fingerprint density at radius 1 is 1.35 bits per heavy atom. The molecule has 3 N–H and O–H groups in total. The van der Waals surface area contributed by atoms with Crippen LogP contribution in [-0.4, -0.2) is 13.1 Å². The lowest BCUT2D eigenvalue weighted by Gasteiger charge is -2.30. The molecule has 0 radical (unpaired) electrons. The van der Waals surface area contributed by atoms with Gasteiger partial charge in [0, 0.05) is 11.4 Å². The number of hydrogen-bond acceptors (Lipinski definition) is 3. The zero-order valence-electron chi connectivity index (χ0n) is 10.7. The van der Waals surface area contributed by atoms with Gasteiger partial charge in [-0.05, 0) is 61.7 Å². The minimum atomic E-state index is 0.751. The van der Waals surface area contributed by atoms with E-state index in [1.165, 1.54) is 36.1 Å². The van der Waals surface area contributed by atoms with Crippen LogP contribution in [0.15, 0.2) is 11.4 Å². The summed E-state index contributed by atoms with van der Waals surface area (Å²) in [7, 11) is 0. The van der Waals surface area contributed by atoms with E-state index in [2.05, 4.69) is 23.7 Å². The van der Waals surface area contributed by atoms with Crippen LogP contribution < -0.4 is 11.1 Å². The average molecular weight is 252 g/mol. The maximum Gasteiger partial charge on any atom is 0.0302 e. The maximum atomic E-state index is 5.86. The molecule has 3 heteroatoms. The number of hydrogen-bond donors (Lipinski definition) is 2. The fourth-order valence-corrected chi connectivity index (χ4v) is 3.70. The van der Waals surface area contributed by atoms with E-state index in [0.717, 1.165) is 31.5 Å². The van der Waals surface area contributed by atoms with Crippen LogP contribution in [0.5, 0.6) is 0 Å². The Hall–Kier alpha value is -0.380. The molecule has 1 saturated carbocycles. The van der Waals surface area contributed by atoms with E-state index in [-0.39, 0.29) is 0 Å². The van der Waals surface area contributed by atoms with E-state index >= 15 is 0 Å². The highest BCUT2D eigenvalue weighted by Gasteiger charge is 2.23. The van der Waals surface area contributed by atoms with Gasteiger partial charge in [0.15, 0.2) is 0 Å². The van der Waals surface area contributed by atoms with Crippen LogP contribution >= 0.6 is 11.3 Å². The summed E-state index contributed by atoms with van der Waals surface area (Å²) < 4.78 is 0. The van der Waals surface area contributed by atoms with Crippen molar-refractivity contribution in [2.75, 3.05) is 13.1 Å². The standard InChI is InChI=1S/C14H24N2S/c1-11-6-7-17-14(11)10-16-9-13-5-3-2-4-12(13)8-15/h6-7,12-13,16H,2-5,8-10,15H2,1H3. The molecule has 0 amide bonds. The Balaban J connectivity index is 1.75. The molecule has 1 aliphatic carbocycles. The molecule has 2 nitrogen and oxygen atoms in total. The molecule has 2 atom stereocenters. The summed E-state index contributed by atoms with van der Waals surface area (Å²) in [5.41, 5.74) is 7.28. The summed E-state index contributed by atoms with van der Waals surface area (Å²) in [6.07, 6.45) is 5.46. The highest BCUT2D eigenvalue weighted by molar-refractivity contribution is 7.10. The summed E-state index contributed by atoms with van der Waals surface area (Å²) in [5, 5.41) is 5.79. The number of rotatable bonds is 5. The van der Waals surface area contributed by atoms with E-state index in [4.69, 9.17) is 5.73 Å². The molecule has 0 saturated heterocycles. The molecule has 1 fully saturated rings. The lowest BCUT2D eigenvalue weighted by atomic mass is 9.79. The summed E-state index contributed by atoms with van der Waals surface area (Å²) in [6.45, 7) is 5.22. The quantitative estimate of drug-likeness (QED) is 0.845. The lowest BCUT2D eigenvalue weighted by Crippen LogP contribution is -2.34. The highest BCUT2D eigenvalue weighted by atomic mass is 32.1. The first-order valence-corrected chi connectivity index (χ1v) is 7.63. The molecule has 0 aromatic carbocycles. The van der Waals surface area contributed by atoms with Gasteiger partial charge < -0.3 is 11.1 Å². The van der Waals surface area contributed by atoms with Gasteiger partial charge >= 0.3 is 0 Å². The Morgan fingerprint density at radius 2 is 2.12 bits per heavy atom. The molecule has 1 heterocycles. The van der Waals surface area contributed by atoms with E-state index in [1.807, 2.05) is 11.3 Å². The average Bonchev–Trinajstić information content (AvgIpc) is 2.76. The third-order valence-corrected chi connectivity index (χ3v) is 5.05. The molecule has 0 aliphatic heterocycles. The molecular formula is C14H24N2S. The van der Waals surface area contributed by atoms with Gasteiger partial charge in [-0.3, -0.25) is 0 Å². The number of nitrogens with two attached hydrogens (primary N) is 1. The van der Waals surface area contributed by atoms with Gasteiger partial charge in [0.25, 0.3) is 0 Å². The second-order valence-electron chi connectivity index (χ2n) is 5.20. The van der Waals surface area contributed by atoms with Crippen molar-refractivity contribution in [1.29, 1.82) is 0 Å². The lowest BCUT2D eigenvalue weighted by molar-refractivity contribution is 0.236. The van der Waals surface area contributed by atoms with Crippen molar-refractivity contribution >= 4 is 11.3 Å². The minimum Gasteiger partial charge on any atom is -0.330 e. The number of nitrogens with one attached hydrogen (secondary N) is 1. The summed E-state index contributed by atoms with van der Waals surface area (Å²) in [4.78, 5) is 1.48. The van der Waals surface area contributed by atoms with E-state index in [0.29, 0.717) is 0 Å². The zero-order chi connectivity index (χ0) is 12.1. The third-order valence-electron chi connectivity index (χ3n) is 4.03. The second kappa shape index (κ2) is 6.53. The van der Waals surface area contributed by atoms with Gasteiger partial charge in [0.1, 0.15) is 0 Å². The fraction of sp³-hybridized carbons (Fsp3) is 0.714. The van der Waals surface area contributed by atoms with Gasteiger partial charge in [-0.15, -0.1) is 11.3 Å². The molecule has 1 aromatic rings. The molecule has 2 rings (SSSR count). The Kier molecular flexibility index (Phi) is 5.01. The van der Waals surface area contributed by atoms with Crippen molar-refractivity contribution in [2.24, 2.45) is 17.6 Å². The number of aryl methyl sites for hydroxylation is 1. The molecule has 1 aromatic heterocycles. The topological polar surface area (TPSA) is 38.0 Å². The Bertz CT molecular complexity index is 335. The molecule has 2 unspecified atom stereocenters. The summed E-state index contributed by atoms with van der Waals surface area (Å²) >= 11 is 1.86. The SMILES string of the molecule is Cc1ccsc1CNCC1CCCCC1CN. The zero-order valence-corrected chi connectivity index (χ0v) is 11.6. The third kappa shape index (κ3) is 3.54. The van der Waals surface area contributed by atoms with Crippen molar-refractivity contribution in [3.05, 3.63) is 21.9 Å². The molecule has 0 bridgehead atoms. The molecular weight excluding hydrogens is 228 g/mol. The van der Waals surface area contributed by atoms with E-state index < -0.39 is 0 Å².